The molecule has 0 saturated carbocycles. The van der Waals surface area contributed by atoms with Gasteiger partial charge in [0.2, 0.25) is 11.8 Å². The van der Waals surface area contributed by atoms with Crippen LogP contribution in [0.2, 0.25) is 0 Å². The summed E-state index contributed by atoms with van der Waals surface area (Å²) in [5.74, 6) is 0.716. The highest BCUT2D eigenvalue weighted by Crippen LogP contribution is 2.18. The summed E-state index contributed by atoms with van der Waals surface area (Å²) in [6, 6.07) is 7.02. The number of hydrogen-bond donors (Lipinski definition) is 2. The zero-order chi connectivity index (χ0) is 19.9. The third-order valence-corrected chi connectivity index (χ3v) is 5.42. The van der Waals surface area contributed by atoms with E-state index in [1.807, 2.05) is 29.2 Å². The monoisotopic (exact) mass is 404 g/mol. The number of methoxy groups -OCH3 is 1. The normalized spacial score (nSPS) is 19.9. The molecule has 0 spiro atoms. The molecule has 0 aliphatic carbocycles. The first kappa shape index (κ1) is 20.4. The van der Waals surface area contributed by atoms with Crippen LogP contribution in [0.1, 0.15) is 32.1 Å². The fourth-order valence-electron chi connectivity index (χ4n) is 3.65. The van der Waals surface area contributed by atoms with Crippen LogP contribution < -0.4 is 15.4 Å². The Balaban J connectivity index is 1.57. The van der Waals surface area contributed by atoms with E-state index in [4.69, 9.17) is 17.0 Å². The average Bonchev–Trinajstić information content (AvgIpc) is 3.18. The molecule has 3 rings (SSSR count). The molecule has 0 radical (unpaired) electrons. The van der Waals surface area contributed by atoms with E-state index in [0.717, 1.165) is 50.2 Å². The molecule has 0 unspecified atom stereocenters. The third-order valence-electron chi connectivity index (χ3n) is 5.20. The molecule has 1 atom stereocenters. The van der Waals surface area contributed by atoms with Crippen LogP contribution in [0.15, 0.2) is 24.3 Å². The predicted octanol–water partition coefficient (Wildman–Crippen LogP) is 1.99. The number of hydrogen-bond acceptors (Lipinski definition) is 4. The number of rotatable bonds is 5. The van der Waals surface area contributed by atoms with E-state index in [-0.39, 0.29) is 18.4 Å². The highest BCUT2D eigenvalue weighted by molar-refractivity contribution is 7.80. The van der Waals surface area contributed by atoms with Crippen LogP contribution in [0, 0.1) is 0 Å². The molecular weight excluding hydrogens is 376 g/mol. The number of amides is 2. The lowest BCUT2D eigenvalue weighted by Gasteiger charge is -2.27. The molecule has 7 nitrogen and oxygen atoms in total. The van der Waals surface area contributed by atoms with Crippen molar-refractivity contribution < 1.29 is 14.3 Å². The minimum Gasteiger partial charge on any atom is -0.497 e. The minimum absolute atomic E-state index is 0.0450. The van der Waals surface area contributed by atoms with Crippen LogP contribution in [0.3, 0.4) is 0 Å². The zero-order valence-electron chi connectivity index (χ0n) is 16.3. The summed E-state index contributed by atoms with van der Waals surface area (Å²) >= 11 is 5.40. The number of benzene rings is 1. The lowest BCUT2D eigenvalue weighted by Crippen LogP contribution is -2.51. The highest BCUT2D eigenvalue weighted by atomic mass is 32.1. The molecular formula is C20H28N4O3S. The van der Waals surface area contributed by atoms with Gasteiger partial charge in [0.15, 0.2) is 5.11 Å². The molecule has 2 aliphatic rings. The Morgan fingerprint density at radius 1 is 1.21 bits per heavy atom. The number of anilines is 1. The van der Waals surface area contributed by atoms with Crippen molar-refractivity contribution in [3.05, 3.63) is 24.3 Å². The van der Waals surface area contributed by atoms with E-state index < -0.39 is 6.04 Å². The molecule has 152 valence electrons. The van der Waals surface area contributed by atoms with Crippen LogP contribution in [-0.2, 0) is 9.59 Å². The number of carbonyl (C=O) groups excluding carboxylic acids is 2. The summed E-state index contributed by atoms with van der Waals surface area (Å²) in [5.41, 5.74) is 0.791. The molecule has 2 saturated heterocycles. The molecule has 1 aromatic carbocycles. The second-order valence-corrected chi connectivity index (χ2v) is 7.63. The Morgan fingerprint density at radius 2 is 1.96 bits per heavy atom. The summed E-state index contributed by atoms with van der Waals surface area (Å²) in [7, 11) is 1.61. The van der Waals surface area contributed by atoms with E-state index in [9.17, 15) is 9.59 Å². The Kier molecular flexibility index (Phi) is 7.08. The fraction of sp³-hybridized carbons (Fsp3) is 0.550. The highest BCUT2D eigenvalue weighted by Gasteiger charge is 2.30. The number of nitrogens with zero attached hydrogens (tertiary/aromatic N) is 2. The first-order chi connectivity index (χ1) is 13.6. The standard InChI is InChI=1S/C20H28N4O3S/c1-27-16-8-6-7-15(13-16)21-20(28)22-17-9-2-3-12-24(19(17)26)14-18(25)23-10-4-5-11-23/h6-8,13,17H,2-5,9-12,14H2,1H3,(H2,21,22,28)/t17-/m0/s1. The maximum Gasteiger partial charge on any atom is 0.245 e. The maximum atomic E-state index is 13.0. The summed E-state index contributed by atoms with van der Waals surface area (Å²) < 4.78 is 5.21. The second-order valence-electron chi connectivity index (χ2n) is 7.23. The maximum absolute atomic E-state index is 13.0. The molecule has 1 aromatic rings. The van der Waals surface area contributed by atoms with Crippen molar-refractivity contribution in [2.75, 3.05) is 38.6 Å². The van der Waals surface area contributed by atoms with E-state index in [1.165, 1.54) is 0 Å². The predicted molar refractivity (Wildman–Crippen MR) is 112 cm³/mol. The van der Waals surface area contributed by atoms with Gasteiger partial charge in [0, 0.05) is 31.4 Å². The lowest BCUT2D eigenvalue weighted by atomic mass is 10.1. The number of likely N-dealkylation sites (tertiary alicyclic amines) is 2. The lowest BCUT2D eigenvalue weighted by molar-refractivity contribution is -0.140. The van der Waals surface area contributed by atoms with Crippen molar-refractivity contribution in [2.24, 2.45) is 0 Å². The van der Waals surface area contributed by atoms with Gasteiger partial charge in [-0.25, -0.2) is 0 Å². The Hall–Kier alpha value is -2.35. The van der Waals surface area contributed by atoms with Crippen LogP contribution in [0.4, 0.5) is 5.69 Å². The number of carbonyl (C=O) groups is 2. The quantitative estimate of drug-likeness (QED) is 0.731. The largest absolute Gasteiger partial charge is 0.497 e. The van der Waals surface area contributed by atoms with Gasteiger partial charge < -0.3 is 25.2 Å². The van der Waals surface area contributed by atoms with Gasteiger partial charge in [0.25, 0.3) is 0 Å². The van der Waals surface area contributed by atoms with Crippen molar-refractivity contribution in [2.45, 2.75) is 38.1 Å². The number of ether oxygens (including phenoxy) is 1. The Labute approximate surface area is 171 Å². The van der Waals surface area contributed by atoms with Gasteiger partial charge in [0.1, 0.15) is 11.8 Å². The SMILES string of the molecule is COc1cccc(NC(=S)N[C@H]2CCCCN(CC(=O)N3CCCC3)C2=O)c1. The minimum atomic E-state index is -0.417. The average molecular weight is 405 g/mol. The summed E-state index contributed by atoms with van der Waals surface area (Å²) in [6.45, 7) is 2.38. The van der Waals surface area contributed by atoms with E-state index >= 15 is 0 Å². The molecule has 0 bridgehead atoms. The van der Waals surface area contributed by atoms with E-state index in [0.29, 0.717) is 18.1 Å². The second kappa shape index (κ2) is 9.73. The van der Waals surface area contributed by atoms with Crippen molar-refractivity contribution in [3.63, 3.8) is 0 Å². The molecule has 0 aromatic heterocycles. The smallest absolute Gasteiger partial charge is 0.245 e. The molecule has 8 heteroatoms. The zero-order valence-corrected chi connectivity index (χ0v) is 17.1. The third kappa shape index (κ3) is 5.34. The molecule has 2 amide bonds. The first-order valence-electron chi connectivity index (χ1n) is 9.85. The molecule has 28 heavy (non-hydrogen) atoms. The summed E-state index contributed by atoms with van der Waals surface area (Å²) in [6.07, 6.45) is 4.61. The first-order valence-corrected chi connectivity index (χ1v) is 10.3. The fourth-order valence-corrected chi connectivity index (χ4v) is 3.91. The Morgan fingerprint density at radius 3 is 2.71 bits per heavy atom. The van der Waals surface area contributed by atoms with Crippen LogP contribution in [0.5, 0.6) is 5.75 Å². The van der Waals surface area contributed by atoms with Crippen molar-refractivity contribution in [3.8, 4) is 5.75 Å². The number of thiocarbonyl (C=S) groups is 1. The van der Waals surface area contributed by atoms with Crippen molar-refractivity contribution in [1.82, 2.24) is 15.1 Å². The Bertz CT molecular complexity index is 721. The topological polar surface area (TPSA) is 73.9 Å². The molecule has 2 N–H and O–H groups in total. The summed E-state index contributed by atoms with van der Waals surface area (Å²) in [4.78, 5) is 29.0. The van der Waals surface area contributed by atoms with Crippen molar-refractivity contribution >= 4 is 34.8 Å². The van der Waals surface area contributed by atoms with Crippen molar-refractivity contribution in [1.29, 1.82) is 0 Å². The van der Waals surface area contributed by atoms with Gasteiger partial charge in [-0.05, 0) is 56.5 Å². The van der Waals surface area contributed by atoms with E-state index in [2.05, 4.69) is 10.6 Å². The molecule has 2 aliphatic heterocycles. The summed E-state index contributed by atoms with van der Waals surface area (Å²) in [5, 5.41) is 6.62. The van der Waals surface area contributed by atoms with Gasteiger partial charge in [0.05, 0.1) is 13.7 Å². The van der Waals surface area contributed by atoms with Gasteiger partial charge in [-0.15, -0.1) is 0 Å². The van der Waals surface area contributed by atoms with Crippen LogP contribution in [0.25, 0.3) is 0 Å². The van der Waals surface area contributed by atoms with Crippen LogP contribution in [-0.4, -0.2) is 66.1 Å². The van der Waals surface area contributed by atoms with Gasteiger partial charge >= 0.3 is 0 Å². The molecule has 2 heterocycles. The van der Waals surface area contributed by atoms with Crippen LogP contribution >= 0.6 is 12.2 Å². The number of nitrogens with one attached hydrogen (secondary N) is 2. The molecule has 2 fully saturated rings. The van der Waals surface area contributed by atoms with E-state index in [1.54, 1.807) is 12.0 Å². The van der Waals surface area contributed by atoms with Gasteiger partial charge in [-0.3, -0.25) is 9.59 Å². The van der Waals surface area contributed by atoms with Gasteiger partial charge in [-0.1, -0.05) is 6.07 Å². The van der Waals surface area contributed by atoms with Gasteiger partial charge in [-0.2, -0.15) is 0 Å².